The Balaban J connectivity index is 2.39. The summed E-state index contributed by atoms with van der Waals surface area (Å²) in [4.78, 5) is 26.0. The van der Waals surface area contributed by atoms with E-state index in [2.05, 4.69) is 13.8 Å². The van der Waals surface area contributed by atoms with Crippen LogP contribution in [-0.4, -0.2) is 40.2 Å². The van der Waals surface area contributed by atoms with Gasteiger partial charge in [-0.15, -0.1) is 0 Å². The number of hydrogen-bond donors (Lipinski definition) is 0. The molecule has 19 heavy (non-hydrogen) atoms. The van der Waals surface area contributed by atoms with E-state index in [1.807, 2.05) is 31.2 Å². The minimum atomic E-state index is -0.296. The minimum Gasteiger partial charge on any atom is -0.245 e. The van der Waals surface area contributed by atoms with Crippen molar-refractivity contribution in [2.24, 2.45) is 11.8 Å². The van der Waals surface area contributed by atoms with Crippen LogP contribution in [0.3, 0.4) is 0 Å². The van der Waals surface area contributed by atoms with Gasteiger partial charge in [-0.2, -0.15) is 14.3 Å². The second-order valence-corrected chi connectivity index (χ2v) is 5.35. The Morgan fingerprint density at radius 1 is 1.32 bits per heavy atom. The van der Waals surface area contributed by atoms with Crippen LogP contribution in [0.4, 0.5) is 4.79 Å². The summed E-state index contributed by atoms with van der Waals surface area (Å²) in [6, 6.07) is -0.181. The Kier molecular flexibility index (Phi) is 3.98. The number of imide groups is 1. The average Bonchev–Trinajstić information content (AvgIpc) is 2.39. The number of nitrogens with zero attached hydrogens (tertiary/aromatic N) is 2. The molecule has 1 aliphatic heterocycles. The van der Waals surface area contributed by atoms with Gasteiger partial charge >= 0.3 is 11.9 Å². The van der Waals surface area contributed by atoms with Crippen LogP contribution in [0.1, 0.15) is 27.2 Å². The summed E-state index contributed by atoms with van der Waals surface area (Å²) in [6.07, 6.45) is 8.45. The number of rotatable bonds is 4. The number of hydrogen-bond acceptors (Lipinski definition) is 2. The Hall–Kier alpha value is -1.71. The summed E-state index contributed by atoms with van der Waals surface area (Å²) in [5.41, 5.74) is 0.822. The van der Waals surface area contributed by atoms with Crippen molar-refractivity contribution in [1.29, 1.82) is 0 Å². The molecule has 1 unspecified atom stereocenters. The molecular formula is C15H21N2O2+. The third-order valence-corrected chi connectivity index (χ3v) is 3.55. The second kappa shape index (κ2) is 5.51. The van der Waals surface area contributed by atoms with Crippen LogP contribution in [0.25, 0.3) is 0 Å². The van der Waals surface area contributed by atoms with Crippen molar-refractivity contribution in [3.63, 3.8) is 0 Å². The first-order valence-corrected chi connectivity index (χ1v) is 6.90. The van der Waals surface area contributed by atoms with Gasteiger partial charge in [-0.25, -0.2) is 4.79 Å². The van der Waals surface area contributed by atoms with E-state index in [1.54, 1.807) is 4.58 Å². The first-order chi connectivity index (χ1) is 9.06. The zero-order chi connectivity index (χ0) is 14.0. The number of amides is 3. The van der Waals surface area contributed by atoms with Gasteiger partial charge in [-0.05, 0) is 25.3 Å². The van der Waals surface area contributed by atoms with E-state index >= 15 is 0 Å². The lowest BCUT2D eigenvalue weighted by Crippen LogP contribution is -2.54. The fourth-order valence-electron chi connectivity index (χ4n) is 2.42. The van der Waals surface area contributed by atoms with Gasteiger partial charge in [-0.3, -0.25) is 0 Å². The van der Waals surface area contributed by atoms with Crippen molar-refractivity contribution in [1.82, 2.24) is 4.90 Å². The van der Waals surface area contributed by atoms with Gasteiger partial charge in [0.1, 0.15) is 11.6 Å². The summed E-state index contributed by atoms with van der Waals surface area (Å²) in [6.45, 7) is 7.21. The molecule has 3 amide bonds. The van der Waals surface area contributed by atoms with Crippen LogP contribution in [0.2, 0.25) is 0 Å². The lowest BCUT2D eigenvalue weighted by atomic mass is 9.94. The lowest BCUT2D eigenvalue weighted by molar-refractivity contribution is -0.441. The van der Waals surface area contributed by atoms with Crippen molar-refractivity contribution >= 4 is 17.6 Å². The maximum absolute atomic E-state index is 12.4. The third kappa shape index (κ3) is 2.53. The van der Waals surface area contributed by atoms with E-state index in [4.69, 9.17) is 0 Å². The fourth-order valence-corrected chi connectivity index (χ4v) is 2.42. The Morgan fingerprint density at radius 2 is 2.05 bits per heavy atom. The molecular weight excluding hydrogens is 240 g/mol. The molecule has 4 heteroatoms. The first-order valence-electron chi connectivity index (χ1n) is 6.90. The van der Waals surface area contributed by atoms with Gasteiger partial charge in [-0.1, -0.05) is 32.1 Å². The summed E-state index contributed by atoms with van der Waals surface area (Å²) in [5, 5.41) is 0. The molecule has 0 fully saturated rings. The van der Waals surface area contributed by atoms with Crippen molar-refractivity contribution < 1.29 is 14.2 Å². The van der Waals surface area contributed by atoms with E-state index in [0.717, 1.165) is 12.1 Å². The van der Waals surface area contributed by atoms with Crippen LogP contribution in [0.5, 0.6) is 0 Å². The monoisotopic (exact) mass is 261 g/mol. The predicted molar refractivity (Wildman–Crippen MR) is 74.1 cm³/mol. The van der Waals surface area contributed by atoms with Crippen molar-refractivity contribution in [2.75, 3.05) is 13.1 Å². The van der Waals surface area contributed by atoms with Crippen LogP contribution >= 0.6 is 0 Å². The molecule has 1 atom stereocenters. The fraction of sp³-hybridized carbons (Fsp3) is 0.533. The second-order valence-electron chi connectivity index (χ2n) is 5.35. The highest BCUT2D eigenvalue weighted by Crippen LogP contribution is 2.20. The van der Waals surface area contributed by atoms with E-state index in [9.17, 15) is 9.59 Å². The van der Waals surface area contributed by atoms with Crippen molar-refractivity contribution in [2.45, 2.75) is 27.2 Å². The van der Waals surface area contributed by atoms with Crippen molar-refractivity contribution in [3.8, 4) is 0 Å². The summed E-state index contributed by atoms with van der Waals surface area (Å²) >= 11 is 0. The molecule has 0 spiro atoms. The number of urea groups is 1. The highest BCUT2D eigenvalue weighted by Gasteiger charge is 2.45. The van der Waals surface area contributed by atoms with E-state index in [1.165, 1.54) is 4.90 Å². The highest BCUT2D eigenvalue weighted by atomic mass is 16.2. The molecule has 0 aromatic rings. The Bertz CT molecular complexity index is 486. The normalized spacial score (nSPS) is 22.5. The zero-order valence-corrected chi connectivity index (χ0v) is 11.8. The molecule has 1 heterocycles. The average molecular weight is 261 g/mol. The van der Waals surface area contributed by atoms with Gasteiger partial charge in [0.25, 0.3) is 0 Å². The Labute approximate surface area is 114 Å². The quantitative estimate of drug-likeness (QED) is 0.728. The standard InChI is InChI=1S/C15H21N2O2/c1-4-16-14(18)12-7-5-6-8-13(12)17(15(16)19)10-9-11(2)3/h5-8,11-12H,4,9-10H2,1-3H3/q+1. The van der Waals surface area contributed by atoms with Crippen molar-refractivity contribution in [3.05, 3.63) is 24.3 Å². The molecule has 0 bridgehead atoms. The maximum Gasteiger partial charge on any atom is 0.500 e. The maximum atomic E-state index is 12.4. The number of carbonyl (C=O) groups is 2. The van der Waals surface area contributed by atoms with Crippen LogP contribution in [-0.2, 0) is 4.79 Å². The molecule has 0 radical (unpaired) electrons. The molecule has 2 rings (SSSR count). The SMILES string of the molecule is CCN1C(=O)C2C=CC=CC2=[N+](CCC(C)C)C1=O. The summed E-state index contributed by atoms with van der Waals surface area (Å²) in [7, 11) is 0. The van der Waals surface area contributed by atoms with Gasteiger partial charge in [0, 0.05) is 0 Å². The summed E-state index contributed by atoms with van der Waals surface area (Å²) < 4.78 is 1.76. The smallest absolute Gasteiger partial charge is 0.245 e. The molecule has 0 saturated heterocycles. The summed E-state index contributed by atoms with van der Waals surface area (Å²) in [5.74, 6) is 0.126. The van der Waals surface area contributed by atoms with E-state index < -0.39 is 0 Å². The zero-order valence-electron chi connectivity index (χ0n) is 11.8. The third-order valence-electron chi connectivity index (χ3n) is 3.55. The van der Waals surface area contributed by atoms with Gasteiger partial charge < -0.3 is 0 Å². The molecule has 2 aliphatic rings. The first kappa shape index (κ1) is 13.7. The van der Waals surface area contributed by atoms with Gasteiger partial charge in [0.15, 0.2) is 0 Å². The molecule has 102 valence electrons. The molecule has 0 N–H and O–H groups in total. The van der Waals surface area contributed by atoms with E-state index in [-0.39, 0.29) is 17.9 Å². The minimum absolute atomic E-state index is 0.108. The highest BCUT2D eigenvalue weighted by molar-refractivity contribution is 6.16. The largest absolute Gasteiger partial charge is 0.500 e. The molecule has 4 nitrogen and oxygen atoms in total. The number of allylic oxidation sites excluding steroid dienone is 3. The number of carbonyl (C=O) groups excluding carboxylic acids is 2. The molecule has 0 aromatic carbocycles. The van der Waals surface area contributed by atoms with Crippen LogP contribution < -0.4 is 0 Å². The molecule has 1 aliphatic carbocycles. The number of fused-ring (bicyclic) bond motifs is 1. The van der Waals surface area contributed by atoms with Gasteiger partial charge in [0.05, 0.1) is 13.1 Å². The predicted octanol–water partition coefficient (Wildman–Crippen LogP) is 2.21. The lowest BCUT2D eigenvalue weighted by Gasteiger charge is -2.26. The molecule has 0 aromatic heterocycles. The van der Waals surface area contributed by atoms with Crippen LogP contribution in [0, 0.1) is 11.8 Å². The van der Waals surface area contributed by atoms with Gasteiger partial charge in [0.2, 0.25) is 0 Å². The van der Waals surface area contributed by atoms with E-state index in [0.29, 0.717) is 19.0 Å². The van der Waals surface area contributed by atoms with Crippen LogP contribution in [0.15, 0.2) is 24.3 Å². The molecule has 0 saturated carbocycles. The topological polar surface area (TPSA) is 40.4 Å². The Morgan fingerprint density at radius 3 is 2.68 bits per heavy atom.